The van der Waals surface area contributed by atoms with Gasteiger partial charge in [-0.1, -0.05) is 29.8 Å². The molecule has 0 atom stereocenters. The summed E-state index contributed by atoms with van der Waals surface area (Å²) in [5, 5.41) is 9.39. The maximum Gasteiger partial charge on any atom is 0.248 e. The van der Waals surface area contributed by atoms with Gasteiger partial charge in [-0.15, -0.1) is 0 Å². The first kappa shape index (κ1) is 14.4. The number of hydrogen-bond acceptors (Lipinski definition) is 3. The summed E-state index contributed by atoms with van der Waals surface area (Å²) in [5.74, 6) is 0.163. The van der Waals surface area contributed by atoms with Crippen LogP contribution in [0.15, 0.2) is 42.5 Å². The van der Waals surface area contributed by atoms with Crippen LogP contribution in [0.25, 0.3) is 0 Å². The Kier molecular flexibility index (Phi) is 4.61. The molecular formula is C15H14ClNO3. The normalized spacial score (nSPS) is 10.3. The fraction of sp³-hybridized carbons (Fsp3) is 0.133. The highest BCUT2D eigenvalue weighted by Gasteiger charge is 2.06. The van der Waals surface area contributed by atoms with E-state index in [0.29, 0.717) is 16.3 Å². The molecule has 0 fully saturated rings. The molecule has 0 unspecified atom stereocenters. The van der Waals surface area contributed by atoms with E-state index in [0.717, 1.165) is 11.1 Å². The monoisotopic (exact) mass is 291 g/mol. The van der Waals surface area contributed by atoms with Crippen molar-refractivity contribution in [2.75, 3.05) is 0 Å². The van der Waals surface area contributed by atoms with Crippen LogP contribution in [0.1, 0.15) is 21.5 Å². The minimum Gasteiger partial charge on any atom is -0.489 e. The first-order chi connectivity index (χ1) is 9.60. The highest BCUT2D eigenvalue weighted by atomic mass is 35.5. The minimum absolute atomic E-state index is 0.000682. The molecule has 1 amide bonds. The van der Waals surface area contributed by atoms with Gasteiger partial charge in [0.05, 0.1) is 6.61 Å². The first-order valence-electron chi connectivity index (χ1n) is 6.01. The summed E-state index contributed by atoms with van der Waals surface area (Å²) in [5.41, 5.74) is 7.13. The van der Waals surface area contributed by atoms with Gasteiger partial charge in [0.25, 0.3) is 0 Å². The Morgan fingerprint density at radius 2 is 1.90 bits per heavy atom. The van der Waals surface area contributed by atoms with Crippen molar-refractivity contribution in [2.45, 2.75) is 13.2 Å². The lowest BCUT2D eigenvalue weighted by atomic mass is 10.1. The molecule has 20 heavy (non-hydrogen) atoms. The van der Waals surface area contributed by atoms with Crippen molar-refractivity contribution in [1.82, 2.24) is 0 Å². The van der Waals surface area contributed by atoms with Crippen LogP contribution in [0.2, 0.25) is 5.02 Å². The quantitative estimate of drug-likeness (QED) is 0.889. The largest absolute Gasteiger partial charge is 0.489 e. The van der Waals surface area contributed by atoms with Gasteiger partial charge >= 0.3 is 0 Å². The Morgan fingerprint density at radius 3 is 2.45 bits per heavy atom. The average molecular weight is 292 g/mol. The standard InChI is InChI=1S/C15H14ClNO3/c16-14-7-11(15(17)19)3-4-12(14)9-20-13-5-1-10(8-18)2-6-13/h1-7,18H,8-9H2,(H2,17,19). The number of hydrogen-bond donors (Lipinski definition) is 2. The molecule has 0 aliphatic rings. The number of carbonyl (C=O) groups excluding carboxylic acids is 1. The van der Waals surface area contributed by atoms with E-state index >= 15 is 0 Å². The molecule has 4 nitrogen and oxygen atoms in total. The second kappa shape index (κ2) is 6.41. The highest BCUT2D eigenvalue weighted by Crippen LogP contribution is 2.20. The number of aliphatic hydroxyl groups is 1. The predicted molar refractivity (Wildman–Crippen MR) is 76.7 cm³/mol. The Bertz CT molecular complexity index is 611. The summed E-state index contributed by atoms with van der Waals surface area (Å²) in [6, 6.07) is 12.0. The van der Waals surface area contributed by atoms with Gasteiger partial charge < -0.3 is 15.6 Å². The molecule has 2 rings (SSSR count). The van der Waals surface area contributed by atoms with E-state index in [1.807, 2.05) is 0 Å². The maximum atomic E-state index is 11.0. The minimum atomic E-state index is -0.515. The number of benzene rings is 2. The van der Waals surface area contributed by atoms with Gasteiger partial charge in [0.2, 0.25) is 5.91 Å². The second-order valence-corrected chi connectivity index (χ2v) is 4.67. The molecule has 0 saturated carbocycles. The van der Waals surface area contributed by atoms with Gasteiger partial charge in [-0.05, 0) is 29.8 Å². The van der Waals surface area contributed by atoms with E-state index in [1.165, 1.54) is 6.07 Å². The van der Waals surface area contributed by atoms with E-state index in [2.05, 4.69) is 0 Å². The van der Waals surface area contributed by atoms with Crippen molar-refractivity contribution in [3.05, 3.63) is 64.2 Å². The van der Waals surface area contributed by atoms with Crippen molar-refractivity contribution in [2.24, 2.45) is 5.73 Å². The van der Waals surface area contributed by atoms with Gasteiger partial charge in [0.15, 0.2) is 0 Å². The number of halogens is 1. The molecule has 2 aromatic rings. The van der Waals surface area contributed by atoms with Crippen molar-refractivity contribution in [3.8, 4) is 5.75 Å². The second-order valence-electron chi connectivity index (χ2n) is 4.26. The predicted octanol–water partition coefficient (Wildman–Crippen LogP) is 2.51. The summed E-state index contributed by atoms with van der Waals surface area (Å²) in [4.78, 5) is 11.0. The summed E-state index contributed by atoms with van der Waals surface area (Å²) in [6.45, 7) is 0.289. The highest BCUT2D eigenvalue weighted by molar-refractivity contribution is 6.31. The lowest BCUT2D eigenvalue weighted by Gasteiger charge is -2.09. The molecule has 0 aliphatic carbocycles. The molecule has 0 saturated heterocycles. The van der Waals surface area contributed by atoms with Gasteiger partial charge in [-0.25, -0.2) is 0 Å². The van der Waals surface area contributed by atoms with Crippen molar-refractivity contribution in [3.63, 3.8) is 0 Å². The molecular weight excluding hydrogens is 278 g/mol. The molecule has 0 radical (unpaired) electrons. The SMILES string of the molecule is NC(=O)c1ccc(COc2ccc(CO)cc2)c(Cl)c1. The summed E-state index contributed by atoms with van der Waals surface area (Å²) in [6.07, 6.45) is 0. The van der Waals surface area contributed by atoms with E-state index in [1.54, 1.807) is 36.4 Å². The smallest absolute Gasteiger partial charge is 0.248 e. The molecule has 3 N–H and O–H groups in total. The summed E-state index contributed by atoms with van der Waals surface area (Å²) in [7, 11) is 0. The average Bonchev–Trinajstić information content (AvgIpc) is 2.46. The van der Waals surface area contributed by atoms with E-state index in [-0.39, 0.29) is 13.2 Å². The van der Waals surface area contributed by atoms with Crippen LogP contribution in [0, 0.1) is 0 Å². The van der Waals surface area contributed by atoms with Crippen LogP contribution in [0.5, 0.6) is 5.75 Å². The molecule has 5 heteroatoms. The Hall–Kier alpha value is -2.04. The molecule has 104 valence electrons. The zero-order valence-corrected chi connectivity index (χ0v) is 11.4. The number of primary amides is 1. The molecule has 0 spiro atoms. The number of amides is 1. The third-order valence-electron chi connectivity index (χ3n) is 2.84. The lowest BCUT2D eigenvalue weighted by molar-refractivity contribution is 0.1000. The number of ether oxygens (including phenoxy) is 1. The van der Waals surface area contributed by atoms with Gasteiger partial charge in [-0.2, -0.15) is 0 Å². The van der Waals surface area contributed by atoms with Gasteiger partial charge in [-0.3, -0.25) is 4.79 Å². The summed E-state index contributed by atoms with van der Waals surface area (Å²) < 4.78 is 5.59. The zero-order valence-electron chi connectivity index (χ0n) is 10.7. The van der Waals surface area contributed by atoms with Crippen LogP contribution >= 0.6 is 11.6 Å². The Balaban J connectivity index is 2.04. The Morgan fingerprint density at radius 1 is 1.20 bits per heavy atom. The van der Waals surface area contributed by atoms with E-state index in [4.69, 9.17) is 27.2 Å². The fourth-order valence-electron chi connectivity index (χ4n) is 1.67. The fourth-order valence-corrected chi connectivity index (χ4v) is 1.90. The van der Waals surface area contributed by atoms with Crippen molar-refractivity contribution in [1.29, 1.82) is 0 Å². The van der Waals surface area contributed by atoms with Crippen LogP contribution in [0.3, 0.4) is 0 Å². The molecule has 0 aliphatic heterocycles. The van der Waals surface area contributed by atoms with Gasteiger partial charge in [0, 0.05) is 16.1 Å². The third kappa shape index (κ3) is 3.50. The molecule has 0 aromatic heterocycles. The summed E-state index contributed by atoms with van der Waals surface area (Å²) >= 11 is 6.07. The van der Waals surface area contributed by atoms with Crippen LogP contribution < -0.4 is 10.5 Å². The molecule has 0 heterocycles. The topological polar surface area (TPSA) is 72.6 Å². The van der Waals surface area contributed by atoms with Crippen LogP contribution in [-0.2, 0) is 13.2 Å². The molecule has 0 bridgehead atoms. The molecule has 2 aromatic carbocycles. The van der Waals surface area contributed by atoms with Gasteiger partial charge in [0.1, 0.15) is 12.4 Å². The van der Waals surface area contributed by atoms with Crippen molar-refractivity contribution < 1.29 is 14.6 Å². The number of rotatable bonds is 5. The number of aliphatic hydroxyl groups excluding tert-OH is 1. The maximum absolute atomic E-state index is 11.0. The first-order valence-corrected chi connectivity index (χ1v) is 6.39. The zero-order chi connectivity index (χ0) is 14.5. The Labute approximate surface area is 121 Å². The van der Waals surface area contributed by atoms with Crippen molar-refractivity contribution >= 4 is 17.5 Å². The van der Waals surface area contributed by atoms with Crippen LogP contribution in [-0.4, -0.2) is 11.0 Å². The van der Waals surface area contributed by atoms with E-state index in [9.17, 15) is 4.79 Å². The number of carbonyl (C=O) groups is 1. The third-order valence-corrected chi connectivity index (χ3v) is 3.19. The number of nitrogens with two attached hydrogens (primary N) is 1. The van der Waals surface area contributed by atoms with Crippen LogP contribution in [0.4, 0.5) is 0 Å². The lowest BCUT2D eigenvalue weighted by Crippen LogP contribution is -2.11. The van der Waals surface area contributed by atoms with E-state index < -0.39 is 5.91 Å².